The van der Waals surface area contributed by atoms with Crippen LogP contribution in [0.2, 0.25) is 0 Å². The number of nitrogens with zero attached hydrogens (tertiary/aromatic N) is 2. The van der Waals surface area contributed by atoms with Crippen molar-refractivity contribution in [2.75, 3.05) is 13.1 Å². The molecule has 8 heteroatoms. The summed E-state index contributed by atoms with van der Waals surface area (Å²) in [6.07, 6.45) is -2.66. The van der Waals surface area contributed by atoms with Crippen LogP contribution in [0.3, 0.4) is 0 Å². The number of sulfonamides is 1. The summed E-state index contributed by atoms with van der Waals surface area (Å²) in [6, 6.07) is 4.84. The summed E-state index contributed by atoms with van der Waals surface area (Å²) in [5.41, 5.74) is 1.77. The molecule has 3 rings (SSSR count). The van der Waals surface area contributed by atoms with Gasteiger partial charge in [0.25, 0.3) is 0 Å². The van der Waals surface area contributed by atoms with E-state index in [2.05, 4.69) is 0 Å². The number of alkyl halides is 2. The lowest BCUT2D eigenvalue weighted by atomic mass is 10.00. The van der Waals surface area contributed by atoms with Crippen molar-refractivity contribution in [3.63, 3.8) is 0 Å². The fourth-order valence-corrected chi connectivity index (χ4v) is 4.67. The Morgan fingerprint density at radius 2 is 1.91 bits per heavy atom. The molecule has 126 valence electrons. The Morgan fingerprint density at radius 3 is 2.52 bits per heavy atom. The maximum absolute atomic E-state index is 12.5. The molecule has 1 aromatic carbocycles. The van der Waals surface area contributed by atoms with E-state index in [0.29, 0.717) is 13.1 Å². The highest BCUT2D eigenvalue weighted by Crippen LogP contribution is 2.31. The van der Waals surface area contributed by atoms with Crippen LogP contribution in [0.15, 0.2) is 23.1 Å². The second kappa shape index (κ2) is 5.83. The van der Waals surface area contributed by atoms with Gasteiger partial charge in [-0.25, -0.2) is 17.2 Å². The first-order chi connectivity index (χ1) is 10.8. The van der Waals surface area contributed by atoms with Crippen LogP contribution in [-0.4, -0.2) is 43.0 Å². The Balaban J connectivity index is 1.73. The van der Waals surface area contributed by atoms with Crippen molar-refractivity contribution < 1.29 is 22.0 Å². The van der Waals surface area contributed by atoms with Gasteiger partial charge in [0, 0.05) is 39.5 Å². The van der Waals surface area contributed by atoms with Gasteiger partial charge in [-0.3, -0.25) is 4.79 Å². The molecule has 23 heavy (non-hydrogen) atoms. The van der Waals surface area contributed by atoms with Crippen molar-refractivity contribution in [2.45, 2.75) is 37.8 Å². The standard InChI is InChI=1S/C15H18F2N2O3S/c1-10(20)18-8-12-2-3-14(5-13(12)9-18)23(21,22)19-6-11(7-19)4-15(16)17/h2-3,5,11,15H,4,6-9H2,1H3. The van der Waals surface area contributed by atoms with E-state index in [1.807, 2.05) is 0 Å². The van der Waals surface area contributed by atoms with Gasteiger partial charge in [-0.2, -0.15) is 4.31 Å². The molecule has 0 aliphatic carbocycles. The van der Waals surface area contributed by atoms with Crippen LogP contribution in [-0.2, 0) is 27.9 Å². The van der Waals surface area contributed by atoms with Crippen LogP contribution < -0.4 is 0 Å². The number of hydrogen-bond donors (Lipinski definition) is 0. The minimum atomic E-state index is -3.65. The number of rotatable bonds is 4. The highest BCUT2D eigenvalue weighted by atomic mass is 32.2. The van der Waals surface area contributed by atoms with Gasteiger partial charge in [-0.15, -0.1) is 0 Å². The summed E-state index contributed by atoms with van der Waals surface area (Å²) in [6.45, 7) is 2.66. The third kappa shape index (κ3) is 3.10. The van der Waals surface area contributed by atoms with Gasteiger partial charge in [-0.1, -0.05) is 6.07 Å². The summed E-state index contributed by atoms with van der Waals surface area (Å²) in [5.74, 6) is -0.324. The molecule has 1 aromatic rings. The smallest absolute Gasteiger partial charge is 0.243 e. The summed E-state index contributed by atoms with van der Waals surface area (Å²) in [7, 11) is -3.65. The van der Waals surface area contributed by atoms with Gasteiger partial charge in [0.2, 0.25) is 22.4 Å². The van der Waals surface area contributed by atoms with Crippen LogP contribution in [0.25, 0.3) is 0 Å². The summed E-state index contributed by atoms with van der Waals surface area (Å²) in [4.78, 5) is 13.2. The number of amides is 1. The molecule has 2 aliphatic heterocycles. The number of halogens is 2. The number of benzene rings is 1. The molecule has 2 aliphatic rings. The largest absolute Gasteiger partial charge is 0.334 e. The minimum absolute atomic E-state index is 0.0526. The first-order valence-corrected chi connectivity index (χ1v) is 8.87. The highest BCUT2D eigenvalue weighted by molar-refractivity contribution is 7.89. The second-order valence-corrected chi connectivity index (χ2v) is 8.06. The van der Waals surface area contributed by atoms with Gasteiger partial charge in [0.15, 0.2) is 0 Å². The molecule has 0 unspecified atom stereocenters. The monoisotopic (exact) mass is 344 g/mol. The van der Waals surface area contributed by atoms with Crippen molar-refractivity contribution in [1.29, 1.82) is 0 Å². The molecule has 2 heterocycles. The lowest BCUT2D eigenvalue weighted by Gasteiger charge is -2.38. The van der Waals surface area contributed by atoms with Gasteiger partial charge in [0.05, 0.1) is 4.90 Å². The number of hydrogen-bond acceptors (Lipinski definition) is 3. The van der Waals surface area contributed by atoms with E-state index in [4.69, 9.17) is 0 Å². The molecule has 1 saturated heterocycles. The molecular weight excluding hydrogens is 326 g/mol. The zero-order chi connectivity index (χ0) is 16.8. The molecule has 0 radical (unpaired) electrons. The van der Waals surface area contributed by atoms with Crippen LogP contribution in [0.5, 0.6) is 0 Å². The van der Waals surface area contributed by atoms with Crippen molar-refractivity contribution in [1.82, 2.24) is 9.21 Å². The fourth-order valence-electron chi connectivity index (χ4n) is 3.02. The lowest BCUT2D eigenvalue weighted by Crippen LogP contribution is -2.50. The maximum atomic E-state index is 12.5. The van der Waals surface area contributed by atoms with Gasteiger partial charge >= 0.3 is 0 Å². The summed E-state index contributed by atoms with van der Waals surface area (Å²) >= 11 is 0. The van der Waals surface area contributed by atoms with E-state index in [1.165, 1.54) is 17.3 Å². The average molecular weight is 344 g/mol. The number of carbonyl (C=O) groups is 1. The van der Waals surface area contributed by atoms with E-state index in [0.717, 1.165) is 11.1 Å². The normalized spacial score (nSPS) is 19.0. The highest BCUT2D eigenvalue weighted by Gasteiger charge is 2.38. The average Bonchev–Trinajstić information content (AvgIpc) is 2.85. The zero-order valence-corrected chi connectivity index (χ0v) is 13.5. The van der Waals surface area contributed by atoms with E-state index in [1.54, 1.807) is 17.0 Å². The van der Waals surface area contributed by atoms with Gasteiger partial charge in [-0.05, 0) is 29.2 Å². The van der Waals surface area contributed by atoms with E-state index in [9.17, 15) is 22.0 Å². The first-order valence-electron chi connectivity index (χ1n) is 7.43. The Morgan fingerprint density at radius 1 is 1.26 bits per heavy atom. The third-order valence-corrected chi connectivity index (χ3v) is 6.25. The molecule has 1 fully saturated rings. The topological polar surface area (TPSA) is 57.7 Å². The lowest BCUT2D eigenvalue weighted by molar-refractivity contribution is -0.129. The van der Waals surface area contributed by atoms with Gasteiger partial charge in [0.1, 0.15) is 0 Å². The second-order valence-electron chi connectivity index (χ2n) is 6.12. The van der Waals surface area contributed by atoms with Crippen LogP contribution in [0.4, 0.5) is 8.78 Å². The number of fused-ring (bicyclic) bond motifs is 1. The third-order valence-electron chi connectivity index (χ3n) is 4.42. The van der Waals surface area contributed by atoms with Gasteiger partial charge < -0.3 is 4.90 Å². The van der Waals surface area contributed by atoms with Crippen LogP contribution in [0.1, 0.15) is 24.5 Å². The first kappa shape index (κ1) is 16.3. The molecule has 0 spiro atoms. The Labute approximate surface area is 133 Å². The fraction of sp³-hybridized carbons (Fsp3) is 0.533. The van der Waals surface area contributed by atoms with Crippen molar-refractivity contribution in [3.05, 3.63) is 29.3 Å². The van der Waals surface area contributed by atoms with Crippen molar-refractivity contribution in [2.24, 2.45) is 5.92 Å². The van der Waals surface area contributed by atoms with E-state index >= 15 is 0 Å². The van der Waals surface area contributed by atoms with Crippen LogP contribution in [0, 0.1) is 5.92 Å². The molecule has 1 amide bonds. The molecule has 0 N–H and O–H groups in total. The van der Waals surface area contributed by atoms with E-state index in [-0.39, 0.29) is 36.2 Å². The van der Waals surface area contributed by atoms with E-state index < -0.39 is 16.4 Å². The number of carbonyl (C=O) groups excluding carboxylic acids is 1. The maximum Gasteiger partial charge on any atom is 0.243 e. The predicted molar refractivity (Wildman–Crippen MR) is 79.2 cm³/mol. The summed E-state index contributed by atoms with van der Waals surface area (Å²) < 4.78 is 50.9. The molecular formula is C15H18F2N2O3S. The Bertz CT molecular complexity index is 730. The predicted octanol–water partition coefficient (Wildman–Crippen LogP) is 1.82. The molecule has 0 atom stereocenters. The molecule has 5 nitrogen and oxygen atoms in total. The Hall–Kier alpha value is -1.54. The summed E-state index contributed by atoms with van der Waals surface area (Å²) in [5, 5.41) is 0. The van der Waals surface area contributed by atoms with Crippen LogP contribution >= 0.6 is 0 Å². The quantitative estimate of drug-likeness (QED) is 0.837. The molecule has 0 saturated carbocycles. The molecule has 0 bridgehead atoms. The van der Waals surface area contributed by atoms with Crippen molar-refractivity contribution >= 4 is 15.9 Å². The van der Waals surface area contributed by atoms with Crippen molar-refractivity contribution in [3.8, 4) is 0 Å². The minimum Gasteiger partial charge on any atom is -0.334 e. The molecule has 0 aromatic heterocycles. The zero-order valence-electron chi connectivity index (χ0n) is 12.7. The Kier molecular flexibility index (Phi) is 4.14. The SMILES string of the molecule is CC(=O)N1Cc2ccc(S(=O)(=O)N3CC(CC(F)F)C3)cc2C1.